The van der Waals surface area contributed by atoms with E-state index in [1.54, 1.807) is 36.4 Å². The van der Waals surface area contributed by atoms with Gasteiger partial charge in [0.25, 0.3) is 5.91 Å². The molecular formula is C16H12BrN3O3. The summed E-state index contributed by atoms with van der Waals surface area (Å²) in [5.74, 6) is -0.496. The highest BCUT2D eigenvalue weighted by Gasteiger charge is 2.18. The van der Waals surface area contributed by atoms with Gasteiger partial charge in [-0.3, -0.25) is 14.6 Å². The van der Waals surface area contributed by atoms with Crippen molar-refractivity contribution < 1.29 is 14.7 Å². The molecule has 7 heteroatoms. The molecule has 2 amide bonds. The number of fused-ring (bicyclic) bond motifs is 1. The Hall–Kier alpha value is -2.67. The Labute approximate surface area is 140 Å². The van der Waals surface area contributed by atoms with E-state index in [0.29, 0.717) is 22.5 Å². The molecule has 0 aliphatic carbocycles. The molecule has 0 fully saturated rings. The minimum absolute atomic E-state index is 0.0575. The van der Waals surface area contributed by atoms with E-state index in [0.717, 1.165) is 4.47 Å². The summed E-state index contributed by atoms with van der Waals surface area (Å²) in [5, 5.41) is 15.0. The highest BCUT2D eigenvalue weighted by molar-refractivity contribution is 9.10. The zero-order chi connectivity index (χ0) is 16.4. The number of phenols is 1. The first-order valence-corrected chi connectivity index (χ1v) is 7.57. The van der Waals surface area contributed by atoms with Crippen molar-refractivity contribution in [3.63, 3.8) is 0 Å². The summed E-state index contributed by atoms with van der Waals surface area (Å²) in [6.07, 6.45) is 1.51. The first kappa shape index (κ1) is 15.2. The van der Waals surface area contributed by atoms with Gasteiger partial charge >= 0.3 is 0 Å². The van der Waals surface area contributed by atoms with Crippen LogP contribution in [0, 0.1) is 0 Å². The summed E-state index contributed by atoms with van der Waals surface area (Å²) >= 11 is 3.33. The molecule has 0 radical (unpaired) electrons. The highest BCUT2D eigenvalue weighted by atomic mass is 79.9. The van der Waals surface area contributed by atoms with Crippen molar-refractivity contribution in [2.75, 3.05) is 11.9 Å². The summed E-state index contributed by atoms with van der Waals surface area (Å²) in [7, 11) is 0. The quantitative estimate of drug-likeness (QED) is 0.706. The predicted molar refractivity (Wildman–Crippen MR) is 90.5 cm³/mol. The second-order valence-electron chi connectivity index (χ2n) is 4.92. The monoisotopic (exact) mass is 373 g/mol. The summed E-state index contributed by atoms with van der Waals surface area (Å²) in [6.45, 7) is -0.0575. The molecule has 1 aliphatic heterocycles. The lowest BCUT2D eigenvalue weighted by molar-refractivity contribution is -0.115. The van der Waals surface area contributed by atoms with Gasteiger partial charge in [-0.15, -0.1) is 0 Å². The van der Waals surface area contributed by atoms with Gasteiger partial charge in [-0.05, 0) is 36.4 Å². The predicted octanol–water partition coefficient (Wildman–Crippen LogP) is 2.59. The number of aliphatic imine (C=N–C) groups is 1. The third kappa shape index (κ3) is 3.40. The van der Waals surface area contributed by atoms with E-state index in [9.17, 15) is 14.7 Å². The van der Waals surface area contributed by atoms with E-state index >= 15 is 0 Å². The second-order valence-corrected chi connectivity index (χ2v) is 5.84. The molecule has 3 rings (SSSR count). The van der Waals surface area contributed by atoms with Crippen molar-refractivity contribution in [1.82, 2.24) is 5.32 Å². The zero-order valence-electron chi connectivity index (χ0n) is 11.8. The van der Waals surface area contributed by atoms with E-state index < -0.39 is 0 Å². The van der Waals surface area contributed by atoms with Gasteiger partial charge in [-0.25, -0.2) is 0 Å². The molecule has 0 aromatic heterocycles. The average molecular weight is 374 g/mol. The molecular weight excluding hydrogens is 362 g/mol. The fourth-order valence-electron chi connectivity index (χ4n) is 2.13. The standard InChI is InChI=1S/C16H12BrN3O3/c17-10-1-4-14(21)9(5-10)7-18-11-2-3-13-12(6-11)16(23)19-8-15(22)20-13/h1-7,21H,8H2,(H,19,23)(H,20,22). The van der Waals surface area contributed by atoms with Crippen LogP contribution < -0.4 is 10.6 Å². The third-order valence-corrected chi connectivity index (χ3v) is 3.77. The summed E-state index contributed by atoms with van der Waals surface area (Å²) in [5.41, 5.74) is 1.89. The fraction of sp³-hybridized carbons (Fsp3) is 0.0625. The maximum Gasteiger partial charge on any atom is 0.253 e. The first-order chi connectivity index (χ1) is 11.0. The number of rotatable bonds is 2. The molecule has 2 aromatic carbocycles. The van der Waals surface area contributed by atoms with Crippen LogP contribution in [0.3, 0.4) is 0 Å². The number of nitrogens with one attached hydrogen (secondary N) is 2. The zero-order valence-corrected chi connectivity index (χ0v) is 13.4. The van der Waals surface area contributed by atoms with Crippen LogP contribution in [-0.4, -0.2) is 29.7 Å². The van der Waals surface area contributed by atoms with Gasteiger partial charge in [-0.1, -0.05) is 15.9 Å². The maximum absolute atomic E-state index is 12.0. The Bertz CT molecular complexity index is 833. The number of phenolic OH excluding ortho intramolecular Hbond substituents is 1. The van der Waals surface area contributed by atoms with Crippen molar-refractivity contribution in [3.8, 4) is 5.75 Å². The summed E-state index contributed by atoms with van der Waals surface area (Å²) < 4.78 is 0.820. The van der Waals surface area contributed by atoms with E-state index in [-0.39, 0.29) is 24.1 Å². The van der Waals surface area contributed by atoms with Crippen molar-refractivity contribution in [1.29, 1.82) is 0 Å². The Morgan fingerprint density at radius 2 is 2.00 bits per heavy atom. The number of carbonyl (C=O) groups excluding carboxylic acids is 2. The molecule has 0 saturated carbocycles. The van der Waals surface area contributed by atoms with Gasteiger partial charge < -0.3 is 15.7 Å². The molecule has 1 heterocycles. The van der Waals surface area contributed by atoms with E-state index in [1.165, 1.54) is 6.21 Å². The molecule has 0 unspecified atom stereocenters. The number of carbonyl (C=O) groups is 2. The SMILES string of the molecule is O=C1CNC(=O)c2cc(N=Cc3cc(Br)ccc3O)ccc2N1. The van der Waals surface area contributed by atoms with Crippen molar-refractivity contribution in [3.05, 3.63) is 52.0 Å². The molecule has 1 aliphatic rings. The molecule has 23 heavy (non-hydrogen) atoms. The van der Waals surface area contributed by atoms with Gasteiger partial charge in [0.1, 0.15) is 5.75 Å². The Morgan fingerprint density at radius 3 is 2.83 bits per heavy atom. The van der Waals surface area contributed by atoms with Crippen LogP contribution in [-0.2, 0) is 4.79 Å². The number of hydrogen-bond acceptors (Lipinski definition) is 4. The normalized spacial score (nSPS) is 14.1. The lowest BCUT2D eigenvalue weighted by atomic mass is 10.1. The van der Waals surface area contributed by atoms with Crippen LogP contribution in [0.2, 0.25) is 0 Å². The van der Waals surface area contributed by atoms with Crippen LogP contribution in [0.25, 0.3) is 0 Å². The van der Waals surface area contributed by atoms with Crippen LogP contribution >= 0.6 is 15.9 Å². The highest BCUT2D eigenvalue weighted by Crippen LogP contribution is 2.25. The number of anilines is 1. The average Bonchev–Trinajstić information content (AvgIpc) is 2.67. The lowest BCUT2D eigenvalue weighted by Crippen LogP contribution is -2.28. The van der Waals surface area contributed by atoms with Crippen LogP contribution in [0.4, 0.5) is 11.4 Å². The van der Waals surface area contributed by atoms with E-state index in [1.807, 2.05) is 0 Å². The minimum Gasteiger partial charge on any atom is -0.507 e. The van der Waals surface area contributed by atoms with Gasteiger partial charge in [-0.2, -0.15) is 0 Å². The molecule has 6 nitrogen and oxygen atoms in total. The lowest BCUT2D eigenvalue weighted by Gasteiger charge is -2.05. The van der Waals surface area contributed by atoms with Gasteiger partial charge in [0.2, 0.25) is 5.91 Å². The number of aromatic hydroxyl groups is 1. The number of amides is 2. The van der Waals surface area contributed by atoms with Gasteiger partial charge in [0, 0.05) is 16.3 Å². The van der Waals surface area contributed by atoms with Crippen LogP contribution in [0.5, 0.6) is 5.75 Å². The van der Waals surface area contributed by atoms with Crippen LogP contribution in [0.15, 0.2) is 45.9 Å². The Balaban J connectivity index is 1.93. The van der Waals surface area contributed by atoms with E-state index in [2.05, 4.69) is 31.6 Å². The van der Waals surface area contributed by atoms with Crippen molar-refractivity contribution in [2.45, 2.75) is 0 Å². The molecule has 3 N–H and O–H groups in total. The molecule has 0 spiro atoms. The fourth-order valence-corrected chi connectivity index (χ4v) is 2.51. The number of hydrogen-bond donors (Lipinski definition) is 3. The maximum atomic E-state index is 12.0. The summed E-state index contributed by atoms with van der Waals surface area (Å²) in [6, 6.07) is 9.92. The van der Waals surface area contributed by atoms with Crippen molar-refractivity contribution >= 4 is 45.3 Å². The van der Waals surface area contributed by atoms with Gasteiger partial charge in [0.15, 0.2) is 0 Å². The molecule has 2 aromatic rings. The molecule has 116 valence electrons. The number of nitrogens with zero attached hydrogens (tertiary/aromatic N) is 1. The number of halogens is 1. The van der Waals surface area contributed by atoms with E-state index in [4.69, 9.17) is 0 Å². The molecule has 0 atom stereocenters. The molecule has 0 bridgehead atoms. The van der Waals surface area contributed by atoms with Gasteiger partial charge in [0.05, 0.1) is 23.5 Å². The summed E-state index contributed by atoms with van der Waals surface area (Å²) in [4.78, 5) is 27.7. The third-order valence-electron chi connectivity index (χ3n) is 3.27. The minimum atomic E-state index is -0.333. The largest absolute Gasteiger partial charge is 0.507 e. The number of benzene rings is 2. The smallest absolute Gasteiger partial charge is 0.253 e. The second kappa shape index (κ2) is 6.21. The first-order valence-electron chi connectivity index (χ1n) is 6.77. The Kier molecular flexibility index (Phi) is 4.12. The molecule has 0 saturated heterocycles. The van der Waals surface area contributed by atoms with Crippen molar-refractivity contribution in [2.24, 2.45) is 4.99 Å². The topological polar surface area (TPSA) is 90.8 Å². The Morgan fingerprint density at radius 1 is 1.17 bits per heavy atom. The van der Waals surface area contributed by atoms with Crippen LogP contribution in [0.1, 0.15) is 15.9 Å².